The van der Waals surface area contributed by atoms with Crippen LogP contribution in [0.1, 0.15) is 52.0 Å². The van der Waals surface area contributed by atoms with Gasteiger partial charge in [-0.15, -0.1) is 0 Å². The molecule has 2 atom stereocenters. The van der Waals surface area contributed by atoms with E-state index < -0.39 is 0 Å². The highest BCUT2D eigenvalue weighted by atomic mass is 16.5. The molecule has 1 aliphatic carbocycles. The Bertz CT molecular complexity index is 1200. The largest absolute Gasteiger partial charge is 0.493 e. The molecule has 0 bridgehead atoms. The molecule has 7 heteroatoms. The molecule has 188 valence electrons. The van der Waals surface area contributed by atoms with Crippen LogP contribution in [0.25, 0.3) is 0 Å². The van der Waals surface area contributed by atoms with E-state index >= 15 is 0 Å². The first kappa shape index (κ1) is 25.3. The fourth-order valence-electron chi connectivity index (χ4n) is 4.75. The minimum absolute atomic E-state index is 0.114. The number of rotatable bonds is 8. The van der Waals surface area contributed by atoms with Gasteiger partial charge in [-0.2, -0.15) is 0 Å². The Morgan fingerprint density at radius 3 is 2.31 bits per heavy atom. The van der Waals surface area contributed by atoms with Gasteiger partial charge in [0.15, 0.2) is 11.5 Å². The van der Waals surface area contributed by atoms with Gasteiger partial charge in [-0.05, 0) is 54.8 Å². The summed E-state index contributed by atoms with van der Waals surface area (Å²) in [6.45, 7) is 0.316. The van der Waals surface area contributed by atoms with Crippen LogP contribution in [0, 0.1) is 0 Å². The molecule has 36 heavy (non-hydrogen) atoms. The van der Waals surface area contributed by atoms with Crippen LogP contribution in [0.15, 0.2) is 72.8 Å². The number of carbonyl (C=O) groups is 2. The van der Waals surface area contributed by atoms with Crippen molar-refractivity contribution in [3.05, 3.63) is 89.5 Å². The first-order valence-corrected chi connectivity index (χ1v) is 12.2. The number of nitrogens with zero attached hydrogens (tertiary/aromatic N) is 1. The Balaban J connectivity index is 1.66. The first-order valence-electron chi connectivity index (χ1n) is 12.2. The van der Waals surface area contributed by atoms with Crippen molar-refractivity contribution in [2.24, 2.45) is 5.73 Å². The number of methoxy groups -OCH3 is 2. The molecule has 1 aliphatic rings. The predicted octanol–water partition coefficient (Wildman–Crippen LogP) is 4.87. The third-order valence-electron chi connectivity index (χ3n) is 6.72. The summed E-state index contributed by atoms with van der Waals surface area (Å²) in [4.78, 5) is 28.6. The Kier molecular flexibility index (Phi) is 8.23. The average Bonchev–Trinajstić information content (AvgIpc) is 2.92. The van der Waals surface area contributed by atoms with E-state index in [4.69, 9.17) is 15.2 Å². The van der Waals surface area contributed by atoms with Gasteiger partial charge in [-0.1, -0.05) is 49.2 Å². The van der Waals surface area contributed by atoms with Crippen molar-refractivity contribution in [3.63, 3.8) is 0 Å². The van der Waals surface area contributed by atoms with Crippen LogP contribution in [0.5, 0.6) is 11.5 Å². The maximum atomic E-state index is 13.9. The second-order valence-electron chi connectivity index (χ2n) is 9.00. The maximum absolute atomic E-state index is 13.9. The number of benzene rings is 3. The van der Waals surface area contributed by atoms with Crippen molar-refractivity contribution in [2.45, 2.75) is 44.3 Å². The van der Waals surface area contributed by atoms with Gasteiger partial charge in [0.05, 0.1) is 14.2 Å². The van der Waals surface area contributed by atoms with Gasteiger partial charge in [0, 0.05) is 35.4 Å². The fourth-order valence-corrected chi connectivity index (χ4v) is 4.75. The molecule has 0 radical (unpaired) electrons. The summed E-state index contributed by atoms with van der Waals surface area (Å²) < 4.78 is 10.8. The fraction of sp³-hybridized carbons (Fsp3) is 0.310. The Morgan fingerprint density at radius 1 is 0.889 bits per heavy atom. The van der Waals surface area contributed by atoms with Crippen LogP contribution < -0.4 is 20.5 Å². The summed E-state index contributed by atoms with van der Waals surface area (Å²) in [7, 11) is 3.11. The lowest BCUT2D eigenvalue weighted by Gasteiger charge is -2.39. The van der Waals surface area contributed by atoms with E-state index in [1.165, 1.54) is 0 Å². The van der Waals surface area contributed by atoms with Crippen LogP contribution in [-0.2, 0) is 6.54 Å². The summed E-state index contributed by atoms with van der Waals surface area (Å²) in [5.41, 5.74) is 9.11. The Hall–Kier alpha value is -3.84. The van der Waals surface area contributed by atoms with Gasteiger partial charge in [-0.3, -0.25) is 9.59 Å². The van der Waals surface area contributed by atoms with Crippen LogP contribution in [0.4, 0.5) is 5.69 Å². The van der Waals surface area contributed by atoms with E-state index in [9.17, 15) is 9.59 Å². The summed E-state index contributed by atoms with van der Waals surface area (Å²) >= 11 is 0. The van der Waals surface area contributed by atoms with Crippen molar-refractivity contribution in [1.82, 2.24) is 4.90 Å². The molecule has 4 rings (SSSR count). The summed E-state index contributed by atoms with van der Waals surface area (Å²) in [6.07, 6.45) is 3.77. The second-order valence-corrected chi connectivity index (χ2v) is 9.00. The van der Waals surface area contributed by atoms with Gasteiger partial charge in [0.2, 0.25) is 0 Å². The lowest BCUT2D eigenvalue weighted by Crippen LogP contribution is -2.51. The minimum atomic E-state index is -0.199. The zero-order chi connectivity index (χ0) is 25.5. The van der Waals surface area contributed by atoms with Gasteiger partial charge in [-0.25, -0.2) is 0 Å². The van der Waals surface area contributed by atoms with Gasteiger partial charge >= 0.3 is 0 Å². The first-order chi connectivity index (χ1) is 17.5. The van der Waals surface area contributed by atoms with Crippen molar-refractivity contribution in [1.29, 1.82) is 0 Å². The predicted molar refractivity (Wildman–Crippen MR) is 140 cm³/mol. The monoisotopic (exact) mass is 487 g/mol. The summed E-state index contributed by atoms with van der Waals surface area (Å²) in [5.74, 6) is 0.716. The van der Waals surface area contributed by atoms with Crippen molar-refractivity contribution >= 4 is 17.5 Å². The molecule has 0 saturated heterocycles. The van der Waals surface area contributed by atoms with Crippen LogP contribution in [0.2, 0.25) is 0 Å². The summed E-state index contributed by atoms with van der Waals surface area (Å²) in [6, 6.07) is 21.6. The molecular formula is C29H33N3O4. The molecule has 1 saturated carbocycles. The molecule has 0 aliphatic heterocycles. The molecular weight excluding hydrogens is 454 g/mol. The molecule has 3 N–H and O–H groups in total. The highest BCUT2D eigenvalue weighted by Gasteiger charge is 2.32. The third-order valence-corrected chi connectivity index (χ3v) is 6.72. The highest BCUT2D eigenvalue weighted by Crippen LogP contribution is 2.31. The smallest absolute Gasteiger partial charge is 0.255 e. The number of nitrogens with one attached hydrogen (secondary N) is 1. The number of para-hydroxylation sites is 1. The van der Waals surface area contributed by atoms with Crippen molar-refractivity contribution in [2.75, 3.05) is 19.5 Å². The summed E-state index contributed by atoms with van der Waals surface area (Å²) in [5, 5.41) is 3.01. The number of amides is 2. The van der Waals surface area contributed by atoms with Gasteiger partial charge in [0.1, 0.15) is 0 Å². The molecule has 2 unspecified atom stereocenters. The van der Waals surface area contributed by atoms with Gasteiger partial charge in [0.25, 0.3) is 11.8 Å². The molecule has 7 nitrogen and oxygen atoms in total. The second kappa shape index (κ2) is 11.7. The molecule has 1 fully saturated rings. The maximum Gasteiger partial charge on any atom is 0.255 e. The van der Waals surface area contributed by atoms with Gasteiger partial charge < -0.3 is 25.4 Å². The zero-order valence-corrected chi connectivity index (χ0v) is 20.8. The van der Waals surface area contributed by atoms with Crippen molar-refractivity contribution in [3.8, 4) is 11.5 Å². The zero-order valence-electron chi connectivity index (χ0n) is 20.8. The minimum Gasteiger partial charge on any atom is -0.493 e. The third kappa shape index (κ3) is 5.69. The lowest BCUT2D eigenvalue weighted by atomic mass is 9.89. The lowest BCUT2D eigenvalue weighted by molar-refractivity contribution is 0.0584. The average molecular weight is 488 g/mol. The van der Waals surface area contributed by atoms with E-state index in [2.05, 4.69) is 5.32 Å². The quantitative estimate of drug-likeness (QED) is 0.473. The number of anilines is 1. The molecule has 0 spiro atoms. The van der Waals surface area contributed by atoms with E-state index in [1.807, 2.05) is 47.4 Å². The van der Waals surface area contributed by atoms with E-state index in [0.29, 0.717) is 34.9 Å². The molecule has 3 aromatic carbocycles. The number of ether oxygens (including phenoxy) is 2. The normalized spacial score (nSPS) is 17.2. The standard InChI is InChI=1S/C29H33N3O4/c1-35-26-17-16-21(18-27(26)36-2)29(34)32(25-15-9-7-13-23(25)30)19-22-12-6-8-14-24(22)31-28(33)20-10-4-3-5-11-20/h3-6,8,10-12,14,16-18,23,25H,7,9,13,15,19,30H2,1-2H3,(H,31,33). The number of carbonyl (C=O) groups excluding carboxylic acids is 2. The van der Waals surface area contributed by atoms with Crippen LogP contribution in [-0.4, -0.2) is 43.0 Å². The molecule has 0 heterocycles. The SMILES string of the molecule is COc1ccc(C(=O)N(Cc2ccccc2NC(=O)c2ccccc2)C2CCCCC2N)cc1OC. The molecule has 3 aromatic rings. The molecule has 2 amide bonds. The topological polar surface area (TPSA) is 93.9 Å². The molecule has 0 aromatic heterocycles. The number of hydrogen-bond donors (Lipinski definition) is 2. The van der Waals surface area contributed by atoms with Crippen LogP contribution in [0.3, 0.4) is 0 Å². The Labute approximate surface area is 212 Å². The van der Waals surface area contributed by atoms with Crippen molar-refractivity contribution < 1.29 is 19.1 Å². The van der Waals surface area contributed by atoms with E-state index in [-0.39, 0.29) is 23.9 Å². The highest BCUT2D eigenvalue weighted by molar-refractivity contribution is 6.04. The van der Waals surface area contributed by atoms with E-state index in [0.717, 1.165) is 31.2 Å². The van der Waals surface area contributed by atoms with Crippen LogP contribution >= 0.6 is 0 Å². The Morgan fingerprint density at radius 2 is 1.58 bits per heavy atom. The van der Waals surface area contributed by atoms with E-state index in [1.54, 1.807) is 44.6 Å². The number of hydrogen-bond acceptors (Lipinski definition) is 5. The number of nitrogens with two attached hydrogens (primary N) is 1.